The van der Waals surface area contributed by atoms with Gasteiger partial charge in [-0.15, -0.1) is 11.8 Å². The van der Waals surface area contributed by atoms with Gasteiger partial charge in [-0.25, -0.2) is 0 Å². The number of hydrogen-bond donors (Lipinski definition) is 1. The molecule has 1 fully saturated rings. The summed E-state index contributed by atoms with van der Waals surface area (Å²) in [5.74, 6) is 0.535. The molecule has 2 nitrogen and oxygen atoms in total. The average molecular weight is 277 g/mol. The van der Waals surface area contributed by atoms with Crippen LogP contribution >= 0.6 is 11.8 Å². The van der Waals surface area contributed by atoms with Crippen LogP contribution in [0, 0.1) is 5.92 Å². The predicted molar refractivity (Wildman–Crippen MR) is 81.5 cm³/mol. The van der Waals surface area contributed by atoms with Gasteiger partial charge in [0.05, 0.1) is 0 Å². The topological polar surface area (TPSA) is 29.1 Å². The predicted octanol–water partition coefficient (Wildman–Crippen LogP) is 3.65. The number of benzene rings is 1. The molecule has 0 saturated heterocycles. The lowest BCUT2D eigenvalue weighted by molar-refractivity contribution is -0.125. The molecule has 0 spiro atoms. The largest absolute Gasteiger partial charge is 0.356 e. The summed E-state index contributed by atoms with van der Waals surface area (Å²) >= 11 is 1.76. The molecule has 0 radical (unpaired) electrons. The van der Waals surface area contributed by atoms with Gasteiger partial charge in [0, 0.05) is 17.4 Å². The number of hydrogen-bond acceptors (Lipinski definition) is 2. The lowest BCUT2D eigenvalue weighted by atomic mass is 9.88. The van der Waals surface area contributed by atoms with E-state index in [-0.39, 0.29) is 11.8 Å². The first-order valence-electron chi connectivity index (χ1n) is 7.20. The maximum atomic E-state index is 12.0. The van der Waals surface area contributed by atoms with Gasteiger partial charge in [-0.2, -0.15) is 0 Å². The molecular weight excluding hydrogens is 254 g/mol. The second kappa shape index (κ2) is 7.59. The molecule has 0 aliphatic heterocycles. The van der Waals surface area contributed by atoms with Crippen molar-refractivity contribution in [1.29, 1.82) is 0 Å². The average Bonchev–Trinajstić information content (AvgIpc) is 2.49. The Labute approximate surface area is 120 Å². The molecule has 1 aromatic carbocycles. The van der Waals surface area contributed by atoms with Gasteiger partial charge in [-0.05, 0) is 43.2 Å². The summed E-state index contributed by atoms with van der Waals surface area (Å²) in [6.07, 6.45) is 8.89. The molecule has 0 unspecified atom stereocenters. The summed E-state index contributed by atoms with van der Waals surface area (Å²) in [6.45, 7) is 0.758. The minimum Gasteiger partial charge on any atom is -0.356 e. The molecule has 19 heavy (non-hydrogen) atoms. The van der Waals surface area contributed by atoms with Crippen LogP contribution in [0.2, 0.25) is 0 Å². The Hall–Kier alpha value is -0.960. The monoisotopic (exact) mass is 277 g/mol. The molecule has 3 heteroatoms. The Morgan fingerprint density at radius 3 is 2.53 bits per heavy atom. The van der Waals surface area contributed by atoms with Gasteiger partial charge in [-0.3, -0.25) is 4.79 Å². The minimum absolute atomic E-state index is 0.264. The highest BCUT2D eigenvalue weighted by Gasteiger charge is 2.20. The minimum atomic E-state index is 0.264. The molecule has 1 N–H and O–H groups in total. The Balaban J connectivity index is 1.71. The number of carbonyl (C=O) groups is 1. The molecule has 104 valence electrons. The van der Waals surface area contributed by atoms with Gasteiger partial charge in [0.2, 0.25) is 5.91 Å². The van der Waals surface area contributed by atoms with E-state index in [0.29, 0.717) is 0 Å². The van der Waals surface area contributed by atoms with Gasteiger partial charge in [-0.1, -0.05) is 31.4 Å². The van der Waals surface area contributed by atoms with E-state index in [2.05, 4.69) is 35.8 Å². The van der Waals surface area contributed by atoms with Crippen LogP contribution in [0.3, 0.4) is 0 Å². The molecule has 2 rings (SSSR count). The van der Waals surface area contributed by atoms with Crippen molar-refractivity contribution in [3.8, 4) is 0 Å². The molecule has 1 aromatic rings. The highest BCUT2D eigenvalue weighted by Crippen LogP contribution is 2.23. The van der Waals surface area contributed by atoms with Crippen molar-refractivity contribution in [2.24, 2.45) is 5.92 Å². The summed E-state index contributed by atoms with van der Waals surface area (Å²) in [7, 11) is 0. The maximum absolute atomic E-state index is 12.0. The van der Waals surface area contributed by atoms with Crippen molar-refractivity contribution in [3.63, 3.8) is 0 Å². The Morgan fingerprint density at radius 2 is 1.89 bits per heavy atom. The standard InChI is InChI=1S/C16H23NOS/c1-19-15-9-7-13(8-10-15)11-12-17-16(18)14-5-3-2-4-6-14/h7-10,14H,2-6,11-12H2,1H3,(H,17,18). The number of rotatable bonds is 5. The quantitative estimate of drug-likeness (QED) is 0.832. The molecule has 1 saturated carbocycles. The van der Waals surface area contributed by atoms with Crippen LogP contribution < -0.4 is 5.32 Å². The molecule has 0 heterocycles. The summed E-state index contributed by atoms with van der Waals surface area (Å²) in [5.41, 5.74) is 1.29. The SMILES string of the molecule is CSc1ccc(CCNC(=O)C2CCCCC2)cc1. The Bertz CT molecular complexity index is 396. The van der Waals surface area contributed by atoms with E-state index in [1.54, 1.807) is 11.8 Å². The lowest BCUT2D eigenvalue weighted by Gasteiger charge is -2.20. The molecule has 0 aromatic heterocycles. The van der Waals surface area contributed by atoms with Crippen LogP contribution in [0.5, 0.6) is 0 Å². The van der Waals surface area contributed by atoms with Crippen LogP contribution in [0.1, 0.15) is 37.7 Å². The number of carbonyl (C=O) groups excluding carboxylic acids is 1. The van der Waals surface area contributed by atoms with E-state index in [9.17, 15) is 4.79 Å². The molecule has 1 aliphatic carbocycles. The van der Waals surface area contributed by atoms with Crippen LogP contribution in [-0.2, 0) is 11.2 Å². The van der Waals surface area contributed by atoms with E-state index < -0.39 is 0 Å². The van der Waals surface area contributed by atoms with Crippen LogP contribution in [0.15, 0.2) is 29.2 Å². The molecule has 0 atom stereocenters. The first-order valence-corrected chi connectivity index (χ1v) is 8.42. The third kappa shape index (κ3) is 4.57. The molecule has 1 amide bonds. The zero-order valence-corrected chi connectivity index (χ0v) is 12.5. The zero-order chi connectivity index (χ0) is 13.5. The Morgan fingerprint density at radius 1 is 1.21 bits per heavy atom. The zero-order valence-electron chi connectivity index (χ0n) is 11.7. The first-order chi connectivity index (χ1) is 9.29. The number of nitrogens with one attached hydrogen (secondary N) is 1. The van der Waals surface area contributed by atoms with Crippen LogP contribution in [0.25, 0.3) is 0 Å². The second-order valence-electron chi connectivity index (χ2n) is 5.22. The van der Waals surface area contributed by atoms with Crippen molar-refractivity contribution in [3.05, 3.63) is 29.8 Å². The van der Waals surface area contributed by atoms with E-state index in [1.165, 1.54) is 29.7 Å². The maximum Gasteiger partial charge on any atom is 0.223 e. The fourth-order valence-corrected chi connectivity index (χ4v) is 3.04. The smallest absolute Gasteiger partial charge is 0.223 e. The molecular formula is C16H23NOS. The van der Waals surface area contributed by atoms with Gasteiger partial charge in [0.15, 0.2) is 0 Å². The molecule has 1 aliphatic rings. The highest BCUT2D eigenvalue weighted by molar-refractivity contribution is 7.98. The van der Waals surface area contributed by atoms with Gasteiger partial charge < -0.3 is 5.32 Å². The van der Waals surface area contributed by atoms with E-state index in [4.69, 9.17) is 0 Å². The highest BCUT2D eigenvalue weighted by atomic mass is 32.2. The number of amides is 1. The van der Waals surface area contributed by atoms with Gasteiger partial charge in [0.25, 0.3) is 0 Å². The van der Waals surface area contributed by atoms with E-state index >= 15 is 0 Å². The molecule has 0 bridgehead atoms. The number of thioether (sulfide) groups is 1. The fourth-order valence-electron chi connectivity index (χ4n) is 2.63. The normalized spacial score (nSPS) is 16.3. The van der Waals surface area contributed by atoms with Crippen molar-refractivity contribution < 1.29 is 4.79 Å². The summed E-state index contributed by atoms with van der Waals surface area (Å²) < 4.78 is 0. The summed E-state index contributed by atoms with van der Waals surface area (Å²) in [4.78, 5) is 13.3. The third-order valence-electron chi connectivity index (χ3n) is 3.85. The van der Waals surface area contributed by atoms with Crippen molar-refractivity contribution >= 4 is 17.7 Å². The van der Waals surface area contributed by atoms with E-state index in [0.717, 1.165) is 25.8 Å². The lowest BCUT2D eigenvalue weighted by Crippen LogP contribution is -2.33. The van der Waals surface area contributed by atoms with E-state index in [1.807, 2.05) is 0 Å². The van der Waals surface area contributed by atoms with Crippen molar-refractivity contribution in [2.45, 2.75) is 43.4 Å². The second-order valence-corrected chi connectivity index (χ2v) is 6.10. The van der Waals surface area contributed by atoms with Crippen LogP contribution in [-0.4, -0.2) is 18.7 Å². The fraction of sp³-hybridized carbons (Fsp3) is 0.562. The summed E-state index contributed by atoms with van der Waals surface area (Å²) in [6, 6.07) is 8.59. The van der Waals surface area contributed by atoms with Crippen molar-refractivity contribution in [2.75, 3.05) is 12.8 Å². The summed E-state index contributed by atoms with van der Waals surface area (Å²) in [5, 5.41) is 3.09. The van der Waals surface area contributed by atoms with Gasteiger partial charge in [0.1, 0.15) is 0 Å². The third-order valence-corrected chi connectivity index (χ3v) is 4.59. The van der Waals surface area contributed by atoms with Crippen molar-refractivity contribution in [1.82, 2.24) is 5.32 Å². The van der Waals surface area contributed by atoms with Crippen LogP contribution in [0.4, 0.5) is 0 Å². The first kappa shape index (κ1) is 14.4. The van der Waals surface area contributed by atoms with Gasteiger partial charge >= 0.3 is 0 Å². The Kier molecular flexibility index (Phi) is 5.77.